The predicted octanol–water partition coefficient (Wildman–Crippen LogP) is 5.76. The van der Waals surface area contributed by atoms with Gasteiger partial charge in [-0.05, 0) is 55.8 Å². The Morgan fingerprint density at radius 1 is 1.07 bits per heavy atom. The molecule has 27 heavy (non-hydrogen) atoms. The van der Waals surface area contributed by atoms with Crippen molar-refractivity contribution in [3.05, 3.63) is 54.5 Å². The molecule has 0 aliphatic rings. The number of nitrogens with zero attached hydrogens (tertiary/aromatic N) is 2. The second kappa shape index (κ2) is 8.27. The molecule has 0 aliphatic carbocycles. The van der Waals surface area contributed by atoms with Crippen LogP contribution in [0.2, 0.25) is 0 Å². The van der Waals surface area contributed by atoms with Crippen LogP contribution >= 0.6 is 12.4 Å². The van der Waals surface area contributed by atoms with Gasteiger partial charge in [0.2, 0.25) is 0 Å². The van der Waals surface area contributed by atoms with Gasteiger partial charge >= 0.3 is 0 Å². The molecule has 5 nitrogen and oxygen atoms in total. The predicted molar refractivity (Wildman–Crippen MR) is 114 cm³/mol. The molecule has 4 aromatic rings. The monoisotopic (exact) mass is 382 g/mol. The number of anilines is 2. The summed E-state index contributed by atoms with van der Waals surface area (Å²) in [7, 11) is 0. The normalized spacial score (nSPS) is 10.7. The molecule has 0 saturated carbocycles. The summed E-state index contributed by atoms with van der Waals surface area (Å²) in [5.74, 6) is 0.899. The summed E-state index contributed by atoms with van der Waals surface area (Å²) in [6.45, 7) is 4.97. The Morgan fingerprint density at radius 2 is 1.89 bits per heavy atom. The van der Waals surface area contributed by atoms with E-state index in [0.29, 0.717) is 0 Å². The van der Waals surface area contributed by atoms with Gasteiger partial charge in [-0.25, -0.2) is 9.97 Å². The van der Waals surface area contributed by atoms with Crippen LogP contribution in [-0.2, 0) is 0 Å². The highest BCUT2D eigenvalue weighted by Gasteiger charge is 2.10. The van der Waals surface area contributed by atoms with Crippen molar-refractivity contribution in [2.24, 2.45) is 0 Å². The molecule has 0 unspecified atom stereocenters. The number of fused-ring (bicyclic) bond motifs is 3. The fraction of sp³-hybridized carbons (Fsp3) is 0.238. The minimum atomic E-state index is 0. The summed E-state index contributed by atoms with van der Waals surface area (Å²) in [5, 5.41) is 4.57. The number of halogens is 1. The second-order valence-corrected chi connectivity index (χ2v) is 6.45. The van der Waals surface area contributed by atoms with E-state index in [0.717, 1.165) is 64.2 Å². The second-order valence-electron chi connectivity index (χ2n) is 6.45. The minimum Gasteiger partial charge on any atom is -0.494 e. The van der Waals surface area contributed by atoms with Crippen LogP contribution < -0.4 is 10.1 Å². The summed E-state index contributed by atoms with van der Waals surface area (Å²) < 4.78 is 5.74. The quantitative estimate of drug-likeness (QED) is 0.416. The molecule has 140 valence electrons. The molecule has 2 N–H and O–H groups in total. The molecule has 0 aliphatic heterocycles. The summed E-state index contributed by atoms with van der Waals surface area (Å²) in [5.41, 5.74) is 5.95. The van der Waals surface area contributed by atoms with Crippen molar-refractivity contribution < 1.29 is 4.74 Å². The first-order valence-corrected chi connectivity index (χ1v) is 8.97. The first kappa shape index (κ1) is 19.0. The Kier molecular flexibility index (Phi) is 5.81. The van der Waals surface area contributed by atoms with Crippen molar-refractivity contribution in [2.75, 3.05) is 11.9 Å². The standard InChI is InChI=1S/C21H22N4O.ClH/c1-3-4-11-26-16-7-5-15(6-8-16)25-19-12-14(2)24-17-9-10-18-21(20(17)19)23-13-22-18;/h5-10,12-13,24-25H,3-4,11H2,1-2H3;1H. The number of aromatic nitrogens is 3. The van der Waals surface area contributed by atoms with Crippen LogP contribution in [0, 0.1) is 6.92 Å². The minimum absolute atomic E-state index is 0. The van der Waals surface area contributed by atoms with E-state index in [1.165, 1.54) is 0 Å². The van der Waals surface area contributed by atoms with E-state index in [1.807, 2.05) is 30.3 Å². The molecule has 0 saturated heterocycles. The topological polar surface area (TPSA) is 62.8 Å². The van der Waals surface area contributed by atoms with E-state index in [2.05, 4.69) is 46.2 Å². The van der Waals surface area contributed by atoms with E-state index >= 15 is 0 Å². The Hall–Kier alpha value is -2.79. The summed E-state index contributed by atoms with van der Waals surface area (Å²) in [6, 6.07) is 14.2. The molecule has 0 bridgehead atoms. The number of imidazole rings is 1. The number of benzene rings is 2. The molecule has 0 spiro atoms. The molecule has 2 aromatic carbocycles. The summed E-state index contributed by atoms with van der Waals surface area (Å²) in [4.78, 5) is 12.2. The molecule has 0 atom stereocenters. The number of aromatic amines is 1. The molecule has 2 aromatic heterocycles. The highest BCUT2D eigenvalue weighted by molar-refractivity contribution is 6.10. The lowest BCUT2D eigenvalue weighted by Crippen LogP contribution is -1.97. The maximum Gasteiger partial charge on any atom is 0.119 e. The van der Waals surface area contributed by atoms with E-state index in [4.69, 9.17) is 4.74 Å². The number of H-pyrrole nitrogens is 1. The smallest absolute Gasteiger partial charge is 0.119 e. The van der Waals surface area contributed by atoms with Gasteiger partial charge in [-0.1, -0.05) is 13.3 Å². The number of aryl methyl sites for hydroxylation is 1. The maximum atomic E-state index is 5.74. The summed E-state index contributed by atoms with van der Waals surface area (Å²) >= 11 is 0. The first-order chi connectivity index (χ1) is 12.7. The lowest BCUT2D eigenvalue weighted by Gasteiger charge is -2.13. The van der Waals surface area contributed by atoms with Crippen LogP contribution in [0.5, 0.6) is 5.75 Å². The van der Waals surface area contributed by atoms with Gasteiger partial charge in [0.1, 0.15) is 17.6 Å². The SMILES string of the molecule is CCCCOc1ccc(Nc2cc(C)[nH]c3ccc4ncnc4c23)cc1.Cl. The largest absolute Gasteiger partial charge is 0.494 e. The third-order valence-electron chi connectivity index (χ3n) is 4.40. The lowest BCUT2D eigenvalue weighted by molar-refractivity contribution is 0.309. The number of hydrogen-bond acceptors (Lipinski definition) is 4. The molecule has 0 fully saturated rings. The molecule has 4 rings (SSSR count). The van der Waals surface area contributed by atoms with Gasteiger partial charge in [0.05, 0.1) is 17.8 Å². The number of hydrogen-bond donors (Lipinski definition) is 2. The van der Waals surface area contributed by atoms with Crippen molar-refractivity contribution in [1.82, 2.24) is 15.0 Å². The maximum absolute atomic E-state index is 5.74. The van der Waals surface area contributed by atoms with E-state index in [9.17, 15) is 0 Å². The number of pyridine rings is 1. The number of ether oxygens (including phenoxy) is 1. The average Bonchev–Trinajstić information content (AvgIpc) is 3.11. The van der Waals surface area contributed by atoms with Gasteiger partial charge in [-0.15, -0.1) is 12.4 Å². The van der Waals surface area contributed by atoms with Crippen molar-refractivity contribution >= 4 is 45.7 Å². The van der Waals surface area contributed by atoms with Gasteiger partial charge in [-0.3, -0.25) is 0 Å². The number of rotatable bonds is 6. The molecule has 2 heterocycles. The van der Waals surface area contributed by atoms with Crippen LogP contribution in [-0.4, -0.2) is 21.6 Å². The Bertz CT molecular complexity index is 1040. The zero-order chi connectivity index (χ0) is 17.9. The third kappa shape index (κ3) is 3.98. The van der Waals surface area contributed by atoms with Crippen LogP contribution in [0.1, 0.15) is 25.5 Å². The Balaban J connectivity index is 0.00000210. The average molecular weight is 383 g/mol. The van der Waals surface area contributed by atoms with Gasteiger partial charge in [-0.2, -0.15) is 0 Å². The lowest BCUT2D eigenvalue weighted by atomic mass is 10.1. The fourth-order valence-corrected chi connectivity index (χ4v) is 3.10. The zero-order valence-electron chi connectivity index (χ0n) is 15.5. The van der Waals surface area contributed by atoms with Crippen LogP contribution in [0.15, 0.2) is 48.8 Å². The van der Waals surface area contributed by atoms with Crippen molar-refractivity contribution in [3.63, 3.8) is 0 Å². The van der Waals surface area contributed by atoms with Gasteiger partial charge in [0, 0.05) is 22.3 Å². The van der Waals surface area contributed by atoms with Gasteiger partial charge < -0.3 is 15.0 Å². The fourth-order valence-electron chi connectivity index (χ4n) is 3.10. The molecular weight excluding hydrogens is 360 g/mol. The van der Waals surface area contributed by atoms with Crippen LogP contribution in [0.25, 0.3) is 21.9 Å². The van der Waals surface area contributed by atoms with E-state index < -0.39 is 0 Å². The van der Waals surface area contributed by atoms with Crippen molar-refractivity contribution in [2.45, 2.75) is 26.7 Å². The third-order valence-corrected chi connectivity index (χ3v) is 4.40. The van der Waals surface area contributed by atoms with Crippen LogP contribution in [0.3, 0.4) is 0 Å². The molecular formula is C21H23ClN4O. The Labute approximate surface area is 164 Å². The number of unbranched alkanes of at least 4 members (excludes halogenated alkanes) is 1. The van der Waals surface area contributed by atoms with Crippen LogP contribution in [0.4, 0.5) is 11.4 Å². The summed E-state index contributed by atoms with van der Waals surface area (Å²) in [6.07, 6.45) is 3.81. The van der Waals surface area contributed by atoms with Gasteiger partial charge in [0.15, 0.2) is 0 Å². The van der Waals surface area contributed by atoms with E-state index in [-0.39, 0.29) is 12.4 Å². The van der Waals surface area contributed by atoms with Crippen molar-refractivity contribution in [1.29, 1.82) is 0 Å². The Morgan fingerprint density at radius 3 is 2.67 bits per heavy atom. The number of nitrogens with one attached hydrogen (secondary N) is 2. The molecule has 0 radical (unpaired) electrons. The highest BCUT2D eigenvalue weighted by Crippen LogP contribution is 2.31. The van der Waals surface area contributed by atoms with Gasteiger partial charge in [0.25, 0.3) is 0 Å². The highest BCUT2D eigenvalue weighted by atomic mass is 35.5. The van der Waals surface area contributed by atoms with Crippen molar-refractivity contribution in [3.8, 4) is 5.75 Å². The molecule has 6 heteroatoms. The zero-order valence-corrected chi connectivity index (χ0v) is 16.3. The molecule has 0 amide bonds. The van der Waals surface area contributed by atoms with E-state index in [1.54, 1.807) is 6.33 Å². The first-order valence-electron chi connectivity index (χ1n) is 8.97.